The number of hydrogen-bond acceptors (Lipinski definition) is 4. The number of anilines is 1. The zero-order valence-electron chi connectivity index (χ0n) is 14.3. The van der Waals surface area contributed by atoms with Crippen LogP contribution in [-0.2, 0) is 21.2 Å². The van der Waals surface area contributed by atoms with E-state index < -0.39 is 10.0 Å². The van der Waals surface area contributed by atoms with Crippen molar-refractivity contribution in [2.45, 2.75) is 31.6 Å². The first kappa shape index (κ1) is 17.4. The van der Waals surface area contributed by atoms with Crippen molar-refractivity contribution in [2.75, 3.05) is 37.6 Å². The summed E-state index contributed by atoms with van der Waals surface area (Å²) in [6, 6.07) is 5.16. The van der Waals surface area contributed by atoms with Crippen LogP contribution in [0.3, 0.4) is 0 Å². The second kappa shape index (κ2) is 6.82. The quantitative estimate of drug-likeness (QED) is 0.866. The Balaban J connectivity index is 1.87. The molecule has 1 N–H and O–H groups in total. The molecule has 1 aromatic carbocycles. The molecule has 1 fully saturated rings. The van der Waals surface area contributed by atoms with Crippen LogP contribution >= 0.6 is 0 Å². The van der Waals surface area contributed by atoms with Crippen molar-refractivity contribution in [3.8, 4) is 0 Å². The van der Waals surface area contributed by atoms with E-state index in [9.17, 15) is 13.2 Å². The second-order valence-corrected chi connectivity index (χ2v) is 8.25. The lowest BCUT2D eigenvalue weighted by molar-refractivity contribution is -0.121. The fraction of sp³-hybridized carbons (Fsp3) is 0.588. The van der Waals surface area contributed by atoms with Crippen molar-refractivity contribution in [3.05, 3.63) is 23.8 Å². The first-order valence-corrected chi connectivity index (χ1v) is 10.1. The minimum Gasteiger partial charge on any atom is -0.316 e. The molecule has 0 spiro atoms. The van der Waals surface area contributed by atoms with E-state index in [2.05, 4.69) is 5.32 Å². The lowest BCUT2D eigenvalue weighted by atomic mass is 10.1. The summed E-state index contributed by atoms with van der Waals surface area (Å²) in [6.45, 7) is 6.84. The Bertz CT molecular complexity index is 723. The summed E-state index contributed by atoms with van der Waals surface area (Å²) in [7, 11) is -3.46. The van der Waals surface area contributed by atoms with Gasteiger partial charge in [0.1, 0.15) is 0 Å². The molecule has 0 bridgehead atoms. The van der Waals surface area contributed by atoms with Crippen molar-refractivity contribution >= 4 is 21.6 Å². The molecule has 132 valence electrons. The molecule has 1 amide bonds. The van der Waals surface area contributed by atoms with Gasteiger partial charge < -0.3 is 10.2 Å². The third-order valence-electron chi connectivity index (χ3n) is 4.97. The van der Waals surface area contributed by atoms with Gasteiger partial charge >= 0.3 is 0 Å². The molecule has 24 heavy (non-hydrogen) atoms. The average Bonchev–Trinajstić information content (AvgIpc) is 3.24. The van der Waals surface area contributed by atoms with E-state index in [1.54, 1.807) is 18.2 Å². The molecule has 1 unspecified atom stereocenters. The monoisotopic (exact) mass is 351 g/mol. The van der Waals surface area contributed by atoms with E-state index in [1.165, 1.54) is 4.31 Å². The molecule has 2 aliphatic heterocycles. The summed E-state index contributed by atoms with van der Waals surface area (Å²) in [6.07, 6.45) is 1.59. The van der Waals surface area contributed by atoms with E-state index in [-0.39, 0.29) is 11.8 Å². The third kappa shape index (κ3) is 2.96. The lowest BCUT2D eigenvalue weighted by Crippen LogP contribution is -2.35. The van der Waals surface area contributed by atoms with Gasteiger partial charge in [0.2, 0.25) is 15.9 Å². The van der Waals surface area contributed by atoms with Crippen LogP contribution in [0.2, 0.25) is 0 Å². The Kier molecular flexibility index (Phi) is 4.94. The van der Waals surface area contributed by atoms with E-state index in [0.717, 1.165) is 30.8 Å². The number of nitrogens with one attached hydrogen (secondary N) is 1. The van der Waals surface area contributed by atoms with Gasteiger partial charge in [0.25, 0.3) is 0 Å². The number of rotatable bonds is 5. The zero-order valence-corrected chi connectivity index (χ0v) is 15.1. The number of amides is 1. The van der Waals surface area contributed by atoms with Crippen LogP contribution in [0, 0.1) is 5.92 Å². The van der Waals surface area contributed by atoms with Gasteiger partial charge in [-0.15, -0.1) is 0 Å². The summed E-state index contributed by atoms with van der Waals surface area (Å²) >= 11 is 0. The minimum absolute atomic E-state index is 0.0371. The van der Waals surface area contributed by atoms with Crippen molar-refractivity contribution in [3.63, 3.8) is 0 Å². The van der Waals surface area contributed by atoms with Gasteiger partial charge in [-0.1, -0.05) is 13.8 Å². The molecule has 3 rings (SSSR count). The maximum atomic E-state index is 12.7. The Hall–Kier alpha value is -1.44. The maximum Gasteiger partial charge on any atom is 0.243 e. The van der Waals surface area contributed by atoms with E-state index >= 15 is 0 Å². The molecular formula is C17H25N3O3S. The second-order valence-electron chi connectivity index (χ2n) is 6.31. The Labute approximate surface area is 143 Å². The number of benzene rings is 1. The smallest absolute Gasteiger partial charge is 0.243 e. The molecular weight excluding hydrogens is 326 g/mol. The predicted octanol–water partition coefficient (Wildman–Crippen LogP) is 1.22. The van der Waals surface area contributed by atoms with Crippen LogP contribution in [-0.4, -0.2) is 51.4 Å². The number of carbonyl (C=O) groups is 1. The van der Waals surface area contributed by atoms with Gasteiger partial charge in [0, 0.05) is 31.9 Å². The van der Waals surface area contributed by atoms with E-state index in [0.29, 0.717) is 31.0 Å². The van der Waals surface area contributed by atoms with Gasteiger partial charge in [0.15, 0.2) is 0 Å². The van der Waals surface area contributed by atoms with E-state index in [4.69, 9.17) is 0 Å². The highest BCUT2D eigenvalue weighted by atomic mass is 32.2. The number of sulfonamides is 1. The summed E-state index contributed by atoms with van der Waals surface area (Å²) in [5, 5.41) is 3.22. The van der Waals surface area contributed by atoms with Crippen molar-refractivity contribution < 1.29 is 13.2 Å². The molecule has 2 heterocycles. The number of carbonyl (C=O) groups excluding carboxylic acids is 1. The van der Waals surface area contributed by atoms with Crippen LogP contribution in [0.5, 0.6) is 0 Å². The van der Waals surface area contributed by atoms with Gasteiger partial charge in [0.05, 0.1) is 10.8 Å². The molecule has 1 saturated heterocycles. The Morgan fingerprint density at radius 3 is 2.71 bits per heavy atom. The molecule has 2 aliphatic rings. The maximum absolute atomic E-state index is 12.7. The topological polar surface area (TPSA) is 69.7 Å². The van der Waals surface area contributed by atoms with Crippen LogP contribution in [0.25, 0.3) is 0 Å². The highest BCUT2D eigenvalue weighted by Crippen LogP contribution is 2.32. The van der Waals surface area contributed by atoms with Crippen LogP contribution < -0.4 is 10.2 Å². The van der Waals surface area contributed by atoms with Crippen molar-refractivity contribution in [1.29, 1.82) is 0 Å². The molecule has 7 heteroatoms. The normalized spacial score (nSPS) is 20.6. The molecule has 1 atom stereocenters. The fourth-order valence-corrected chi connectivity index (χ4v) is 5.08. The number of hydrogen-bond donors (Lipinski definition) is 1. The third-order valence-corrected chi connectivity index (χ3v) is 7.01. The predicted molar refractivity (Wildman–Crippen MR) is 93.6 cm³/mol. The molecule has 0 radical (unpaired) electrons. The summed E-state index contributed by atoms with van der Waals surface area (Å²) in [5.41, 5.74) is 1.81. The van der Waals surface area contributed by atoms with Gasteiger partial charge in [-0.3, -0.25) is 4.79 Å². The molecule has 0 saturated carbocycles. The summed E-state index contributed by atoms with van der Waals surface area (Å²) in [5.74, 6) is 0.188. The standard InChI is InChI=1S/C17H25N3O3S/c1-3-19(4-2)24(22,23)15-5-6-16-13(11-15)8-10-20(16)17(21)14-7-9-18-12-14/h5-6,11,14,18H,3-4,7-10,12H2,1-2H3. The van der Waals surface area contributed by atoms with Crippen LogP contribution in [0.15, 0.2) is 23.1 Å². The summed E-state index contributed by atoms with van der Waals surface area (Å²) < 4.78 is 26.8. The van der Waals surface area contributed by atoms with Gasteiger partial charge in [-0.2, -0.15) is 4.31 Å². The zero-order chi connectivity index (χ0) is 17.3. The first-order valence-electron chi connectivity index (χ1n) is 8.64. The highest BCUT2D eigenvalue weighted by molar-refractivity contribution is 7.89. The van der Waals surface area contributed by atoms with Crippen LogP contribution in [0.1, 0.15) is 25.8 Å². The number of fused-ring (bicyclic) bond motifs is 1. The SMILES string of the molecule is CCN(CC)S(=O)(=O)c1ccc2c(c1)CCN2C(=O)C1CCNC1. The average molecular weight is 351 g/mol. The largest absolute Gasteiger partial charge is 0.316 e. The minimum atomic E-state index is -3.46. The van der Waals surface area contributed by atoms with Crippen molar-refractivity contribution in [1.82, 2.24) is 9.62 Å². The summed E-state index contributed by atoms with van der Waals surface area (Å²) in [4.78, 5) is 14.8. The number of nitrogens with zero attached hydrogens (tertiary/aromatic N) is 2. The van der Waals surface area contributed by atoms with E-state index in [1.807, 2.05) is 18.7 Å². The molecule has 1 aromatic rings. The van der Waals surface area contributed by atoms with Crippen molar-refractivity contribution in [2.24, 2.45) is 5.92 Å². The fourth-order valence-electron chi connectivity index (χ4n) is 3.57. The van der Waals surface area contributed by atoms with Crippen LogP contribution in [0.4, 0.5) is 5.69 Å². The van der Waals surface area contributed by atoms with Gasteiger partial charge in [-0.05, 0) is 43.1 Å². The lowest BCUT2D eigenvalue weighted by Gasteiger charge is -2.22. The molecule has 6 nitrogen and oxygen atoms in total. The molecule has 0 aromatic heterocycles. The van der Waals surface area contributed by atoms with Gasteiger partial charge in [-0.25, -0.2) is 8.42 Å². The Morgan fingerprint density at radius 1 is 1.33 bits per heavy atom. The Morgan fingerprint density at radius 2 is 2.08 bits per heavy atom. The molecule has 0 aliphatic carbocycles. The first-order chi connectivity index (χ1) is 11.5. The highest BCUT2D eigenvalue weighted by Gasteiger charge is 2.33.